The zero-order valence-corrected chi connectivity index (χ0v) is 18.4. The van der Waals surface area contributed by atoms with E-state index in [4.69, 9.17) is 21.5 Å². The van der Waals surface area contributed by atoms with E-state index >= 15 is 0 Å². The summed E-state index contributed by atoms with van der Waals surface area (Å²) in [6.45, 7) is 4.94. The first-order chi connectivity index (χ1) is 14.3. The van der Waals surface area contributed by atoms with Crippen LogP contribution in [0, 0.1) is 19.7 Å². The molecule has 0 spiro atoms. The van der Waals surface area contributed by atoms with Crippen molar-refractivity contribution in [3.8, 4) is 0 Å². The van der Waals surface area contributed by atoms with Gasteiger partial charge in [0, 0.05) is 18.6 Å². The van der Waals surface area contributed by atoms with Gasteiger partial charge in [-0.2, -0.15) is 0 Å². The first-order valence-corrected chi connectivity index (χ1v) is 10.4. The minimum absolute atomic E-state index is 0.00772. The maximum atomic E-state index is 14.3. The first kappa shape index (κ1) is 25.9. The molecule has 12 heteroatoms. The number of rotatable bonds is 2. The number of hydrogen-bond acceptors (Lipinski definition) is 5. The Balaban J connectivity index is 0.000000454. The van der Waals surface area contributed by atoms with Crippen LogP contribution in [0.25, 0.3) is 10.9 Å². The molecule has 0 fully saturated rings. The number of aromatic amines is 1. The Hall–Kier alpha value is -3.15. The molecule has 0 unspecified atom stereocenters. The van der Waals surface area contributed by atoms with Crippen LogP contribution in [-0.2, 0) is 14.6 Å². The molecule has 0 saturated heterocycles. The van der Waals surface area contributed by atoms with Crippen LogP contribution in [-0.4, -0.2) is 30.5 Å². The molecular weight excluding hydrogens is 451 g/mol. The fraction of sp³-hybridized carbons (Fsp3) is 0.158. The molecular formula is C19H22ClFN4O5S. The predicted molar refractivity (Wildman–Crippen MR) is 115 cm³/mol. The van der Waals surface area contributed by atoms with Gasteiger partial charge >= 0.3 is 6.09 Å². The first-order valence-electron chi connectivity index (χ1n) is 8.55. The second-order valence-corrected chi connectivity index (χ2v) is 8.65. The molecule has 0 radical (unpaired) electrons. The van der Waals surface area contributed by atoms with Crippen molar-refractivity contribution in [2.45, 2.75) is 30.6 Å². The van der Waals surface area contributed by atoms with Gasteiger partial charge in [0.2, 0.25) is 15.7 Å². The molecule has 31 heavy (non-hydrogen) atoms. The summed E-state index contributed by atoms with van der Waals surface area (Å²) < 4.78 is 40.0. The highest BCUT2D eigenvalue weighted by atomic mass is 35.5. The van der Waals surface area contributed by atoms with E-state index in [0.29, 0.717) is 5.52 Å². The van der Waals surface area contributed by atoms with E-state index in [9.17, 15) is 17.6 Å². The van der Waals surface area contributed by atoms with E-state index in [1.165, 1.54) is 24.6 Å². The van der Waals surface area contributed by atoms with Crippen LogP contribution in [0.4, 0.5) is 9.18 Å². The van der Waals surface area contributed by atoms with Crippen LogP contribution in [0.5, 0.6) is 0 Å². The van der Waals surface area contributed by atoms with Crippen LogP contribution in [0.2, 0.25) is 5.02 Å². The summed E-state index contributed by atoms with van der Waals surface area (Å²) in [6, 6.07) is 7.98. The molecule has 1 aromatic heterocycles. The summed E-state index contributed by atoms with van der Waals surface area (Å²) in [6.07, 6.45) is 0.0851. The Morgan fingerprint density at radius 3 is 2.10 bits per heavy atom. The summed E-state index contributed by atoms with van der Waals surface area (Å²) in [4.78, 5) is 21.2. The third kappa shape index (κ3) is 6.95. The maximum absolute atomic E-state index is 14.3. The number of hydrogen-bond donors (Lipinski definition) is 5. The number of H-pyrrole nitrogens is 1. The number of carbonyl (C=O) groups excluding carboxylic acids is 1. The van der Waals surface area contributed by atoms with Crippen molar-refractivity contribution in [1.82, 2.24) is 10.4 Å². The second kappa shape index (κ2) is 10.8. The fourth-order valence-electron chi connectivity index (χ4n) is 2.55. The lowest BCUT2D eigenvalue weighted by molar-refractivity contribution is -0.115. The number of carboxylic acid groups (broad SMARTS) is 1. The lowest BCUT2D eigenvalue weighted by Crippen LogP contribution is -2.27. The van der Waals surface area contributed by atoms with Gasteiger partial charge in [-0.25, -0.2) is 23.4 Å². The normalized spacial score (nSPS) is 10.4. The van der Waals surface area contributed by atoms with Crippen molar-refractivity contribution in [1.29, 1.82) is 0 Å². The van der Waals surface area contributed by atoms with Crippen molar-refractivity contribution in [3.63, 3.8) is 0 Å². The van der Waals surface area contributed by atoms with Gasteiger partial charge in [0.25, 0.3) is 0 Å². The topological polar surface area (TPSA) is 168 Å². The summed E-state index contributed by atoms with van der Waals surface area (Å²) >= 11 is 5.78. The number of nitrogens with one attached hydrogen (secondary N) is 2. The maximum Gasteiger partial charge on any atom is 0.418 e. The summed E-state index contributed by atoms with van der Waals surface area (Å²) in [7, 11) is -3.84. The van der Waals surface area contributed by atoms with Gasteiger partial charge in [-0.15, -0.1) is 0 Å². The van der Waals surface area contributed by atoms with Crippen LogP contribution in [0.1, 0.15) is 18.1 Å². The minimum Gasteiger partial charge on any atom is -0.464 e. The average Bonchev–Trinajstić information content (AvgIpc) is 3.09. The van der Waals surface area contributed by atoms with E-state index in [1.54, 1.807) is 18.2 Å². The number of nitrogens with two attached hydrogens (primary N) is 2. The number of aromatic nitrogens is 1. The quantitative estimate of drug-likeness (QED) is 0.218. The van der Waals surface area contributed by atoms with Gasteiger partial charge < -0.3 is 15.8 Å². The number of hydrazine groups is 1. The summed E-state index contributed by atoms with van der Waals surface area (Å²) in [5.74, 6) is 3.26. The predicted octanol–water partition coefficient (Wildman–Crippen LogP) is 3.03. The third-order valence-electron chi connectivity index (χ3n) is 3.62. The van der Waals surface area contributed by atoms with Gasteiger partial charge in [-0.1, -0.05) is 17.7 Å². The Morgan fingerprint density at radius 2 is 1.65 bits per heavy atom. The van der Waals surface area contributed by atoms with Crippen LogP contribution >= 0.6 is 11.6 Å². The zero-order valence-electron chi connectivity index (χ0n) is 16.9. The second-order valence-electron chi connectivity index (χ2n) is 6.32. The summed E-state index contributed by atoms with van der Waals surface area (Å²) in [5, 5.41) is 7.37. The van der Waals surface area contributed by atoms with Gasteiger partial charge in [-0.3, -0.25) is 10.2 Å². The van der Waals surface area contributed by atoms with E-state index in [-0.39, 0.29) is 26.1 Å². The molecule has 3 aromatic rings. The molecule has 1 heterocycles. The van der Waals surface area contributed by atoms with Crippen molar-refractivity contribution < 1.29 is 27.5 Å². The molecule has 0 atom stereocenters. The largest absolute Gasteiger partial charge is 0.464 e. The molecule has 0 aliphatic carbocycles. The molecule has 0 bridgehead atoms. The smallest absolute Gasteiger partial charge is 0.418 e. The highest BCUT2D eigenvalue weighted by Crippen LogP contribution is 2.33. The lowest BCUT2D eigenvalue weighted by atomic mass is 10.2. The van der Waals surface area contributed by atoms with Crippen LogP contribution in [0.3, 0.4) is 0 Å². The van der Waals surface area contributed by atoms with Crippen molar-refractivity contribution in [3.05, 3.63) is 58.5 Å². The Labute approximate surface area is 183 Å². The number of halogens is 2. The number of fused-ring (bicyclic) bond motifs is 1. The molecule has 2 aromatic carbocycles. The standard InChI is InChI=1S/C16H13ClFNO2S.C2H5NO.CH4N2O2/c1-9-5-10(2)7-11(6-9)22(20,21)14-8-19-13-4-3-12(17)16(18)15(13)14;1-2(3)4;2-3-1(4)5/h3-8,19H,1-2H3;1H3,(H2,3,4);3H,2H2,(H,4,5). The van der Waals surface area contributed by atoms with Crippen molar-refractivity contribution in [2.24, 2.45) is 11.6 Å². The molecule has 0 aliphatic rings. The highest BCUT2D eigenvalue weighted by molar-refractivity contribution is 7.91. The third-order valence-corrected chi connectivity index (χ3v) is 5.67. The zero-order chi connectivity index (χ0) is 23.9. The van der Waals surface area contributed by atoms with Crippen LogP contribution in [0.15, 0.2) is 46.3 Å². The molecule has 0 saturated carbocycles. The molecule has 0 aliphatic heterocycles. The molecule has 168 valence electrons. The number of carbonyl (C=O) groups is 2. The number of aryl methyl sites for hydroxylation is 2. The average molecular weight is 473 g/mol. The minimum atomic E-state index is -3.84. The van der Waals surface area contributed by atoms with Gasteiger partial charge in [0.05, 0.1) is 20.2 Å². The number of benzene rings is 2. The molecule has 3 rings (SSSR count). The Morgan fingerprint density at radius 1 is 1.16 bits per heavy atom. The van der Waals surface area contributed by atoms with E-state index in [2.05, 4.69) is 16.6 Å². The van der Waals surface area contributed by atoms with Crippen molar-refractivity contribution >= 4 is 44.3 Å². The highest BCUT2D eigenvalue weighted by Gasteiger charge is 2.25. The Kier molecular flexibility index (Phi) is 8.98. The number of sulfone groups is 1. The molecule has 7 N–H and O–H groups in total. The number of primary amides is 1. The van der Waals surface area contributed by atoms with Gasteiger partial charge in [0.1, 0.15) is 0 Å². The fourth-order valence-corrected chi connectivity index (χ4v) is 4.33. The SMILES string of the molecule is CC(N)=O.Cc1cc(C)cc(S(=O)(=O)c2c[nH]c3ccc(Cl)c(F)c23)c1.NNC(=O)O. The van der Waals surface area contributed by atoms with Crippen LogP contribution < -0.4 is 17.0 Å². The monoisotopic (exact) mass is 472 g/mol. The van der Waals surface area contributed by atoms with Gasteiger partial charge in [0.15, 0.2) is 5.82 Å². The van der Waals surface area contributed by atoms with Gasteiger partial charge in [-0.05, 0) is 49.2 Å². The summed E-state index contributed by atoms with van der Waals surface area (Å²) in [5.41, 5.74) is 7.97. The van der Waals surface area contributed by atoms with Crippen molar-refractivity contribution in [2.75, 3.05) is 0 Å². The number of amides is 2. The van der Waals surface area contributed by atoms with E-state index in [0.717, 1.165) is 11.1 Å². The lowest BCUT2D eigenvalue weighted by Gasteiger charge is -2.07. The van der Waals surface area contributed by atoms with E-state index in [1.807, 2.05) is 19.9 Å². The molecule has 9 nitrogen and oxygen atoms in total. The Bertz CT molecular complexity index is 1190. The molecule has 2 amide bonds. The van der Waals surface area contributed by atoms with E-state index < -0.39 is 21.7 Å².